The van der Waals surface area contributed by atoms with E-state index in [1.807, 2.05) is 11.9 Å². The molecule has 0 aromatic rings. The Balaban J connectivity index is 1.97. The van der Waals surface area contributed by atoms with Crippen molar-refractivity contribution in [2.45, 2.75) is 44.8 Å². The number of carbonyl (C=O) groups excluding carboxylic acids is 1. The Bertz CT molecular complexity index is 264. The van der Waals surface area contributed by atoms with Crippen LogP contribution in [0.1, 0.15) is 32.6 Å². The van der Waals surface area contributed by atoms with Crippen LogP contribution in [0.4, 0.5) is 0 Å². The Hall–Kier alpha value is -0.610. The summed E-state index contributed by atoms with van der Waals surface area (Å²) in [5.74, 6) is 0.690. The van der Waals surface area contributed by atoms with Crippen molar-refractivity contribution >= 4 is 5.91 Å². The van der Waals surface area contributed by atoms with E-state index in [0.29, 0.717) is 5.92 Å². The quantitative estimate of drug-likeness (QED) is 0.800. The van der Waals surface area contributed by atoms with Gasteiger partial charge >= 0.3 is 0 Å². The third-order valence-electron chi connectivity index (χ3n) is 3.99. The van der Waals surface area contributed by atoms with Crippen molar-refractivity contribution in [3.05, 3.63) is 0 Å². The molecule has 2 aliphatic rings. The average Bonchev–Trinajstić information content (AvgIpc) is 2.76. The zero-order chi connectivity index (χ0) is 12.3. The van der Waals surface area contributed by atoms with Gasteiger partial charge in [0.15, 0.2) is 0 Å². The van der Waals surface area contributed by atoms with E-state index in [1.165, 1.54) is 0 Å². The number of amides is 1. The molecule has 3 unspecified atom stereocenters. The highest BCUT2D eigenvalue weighted by molar-refractivity contribution is 5.82. The molecule has 3 atom stereocenters. The molecule has 98 valence electrons. The van der Waals surface area contributed by atoms with E-state index in [0.717, 1.165) is 45.4 Å². The van der Waals surface area contributed by atoms with Gasteiger partial charge in [-0.3, -0.25) is 4.79 Å². The molecule has 0 aromatic heterocycles. The molecule has 0 aliphatic carbocycles. The molecule has 2 saturated heterocycles. The van der Waals surface area contributed by atoms with Crippen molar-refractivity contribution in [2.24, 2.45) is 5.92 Å². The van der Waals surface area contributed by atoms with Crippen LogP contribution in [0.2, 0.25) is 0 Å². The maximum absolute atomic E-state index is 12.4. The van der Waals surface area contributed by atoms with E-state index in [-0.39, 0.29) is 18.1 Å². The zero-order valence-corrected chi connectivity index (χ0v) is 10.9. The predicted octanol–water partition coefficient (Wildman–Crippen LogP) is 1.01. The Labute approximate surface area is 104 Å². The summed E-state index contributed by atoms with van der Waals surface area (Å²) < 4.78 is 5.63. The molecule has 2 rings (SSSR count). The van der Waals surface area contributed by atoms with E-state index in [1.54, 1.807) is 0 Å². The van der Waals surface area contributed by atoms with Crippen LogP contribution in [0, 0.1) is 5.92 Å². The van der Waals surface area contributed by atoms with E-state index in [2.05, 4.69) is 12.2 Å². The normalized spacial score (nSPS) is 35.1. The fraction of sp³-hybridized carbons (Fsp3) is 0.923. The van der Waals surface area contributed by atoms with Gasteiger partial charge in [-0.15, -0.1) is 0 Å². The number of likely N-dealkylation sites (N-methyl/N-ethyl adjacent to an activating group) is 1. The van der Waals surface area contributed by atoms with Crippen molar-refractivity contribution in [3.8, 4) is 0 Å². The maximum atomic E-state index is 12.4. The topological polar surface area (TPSA) is 41.6 Å². The number of nitrogens with one attached hydrogen (secondary N) is 1. The Morgan fingerprint density at radius 1 is 1.41 bits per heavy atom. The summed E-state index contributed by atoms with van der Waals surface area (Å²) in [4.78, 5) is 14.4. The monoisotopic (exact) mass is 240 g/mol. The number of rotatable bonds is 3. The summed E-state index contributed by atoms with van der Waals surface area (Å²) in [6.45, 7) is 4.69. The van der Waals surface area contributed by atoms with E-state index in [4.69, 9.17) is 4.74 Å². The predicted molar refractivity (Wildman–Crippen MR) is 66.8 cm³/mol. The number of hydrogen-bond donors (Lipinski definition) is 1. The molecular formula is C13H24N2O2. The molecule has 2 aliphatic heterocycles. The minimum Gasteiger partial charge on any atom is -0.376 e. The van der Waals surface area contributed by atoms with Crippen LogP contribution in [-0.4, -0.2) is 49.7 Å². The first kappa shape index (κ1) is 12.8. The highest BCUT2D eigenvalue weighted by Gasteiger charge is 2.32. The third-order valence-corrected chi connectivity index (χ3v) is 3.99. The summed E-state index contributed by atoms with van der Waals surface area (Å²) in [7, 11) is 1.88. The summed E-state index contributed by atoms with van der Waals surface area (Å²) in [5, 5.41) is 3.17. The lowest BCUT2D eigenvalue weighted by molar-refractivity contribution is -0.135. The molecule has 0 aromatic carbocycles. The second kappa shape index (κ2) is 5.83. The first-order chi connectivity index (χ1) is 8.22. The number of hydrogen-bond acceptors (Lipinski definition) is 3. The number of carbonyl (C=O) groups is 1. The summed E-state index contributed by atoms with van der Waals surface area (Å²) in [6, 6.07) is -0.0149. The van der Waals surface area contributed by atoms with Crippen LogP contribution in [0.25, 0.3) is 0 Å². The lowest BCUT2D eigenvalue weighted by Gasteiger charge is -2.27. The van der Waals surface area contributed by atoms with E-state index >= 15 is 0 Å². The Kier molecular flexibility index (Phi) is 4.40. The second-order valence-electron chi connectivity index (χ2n) is 5.31. The van der Waals surface area contributed by atoms with Crippen LogP contribution in [0.5, 0.6) is 0 Å². The molecule has 4 heteroatoms. The Morgan fingerprint density at radius 3 is 2.88 bits per heavy atom. The molecule has 17 heavy (non-hydrogen) atoms. The lowest BCUT2D eigenvalue weighted by Crippen LogP contribution is -2.48. The SMILES string of the molecule is CNC1C(=O)N(CC2CCCO2)CCCC1C. The molecule has 0 bridgehead atoms. The molecule has 0 saturated carbocycles. The lowest BCUT2D eigenvalue weighted by atomic mass is 9.98. The highest BCUT2D eigenvalue weighted by Crippen LogP contribution is 2.21. The molecular weight excluding hydrogens is 216 g/mol. The van der Waals surface area contributed by atoms with Gasteiger partial charge in [0.25, 0.3) is 0 Å². The largest absolute Gasteiger partial charge is 0.376 e. The first-order valence-corrected chi connectivity index (χ1v) is 6.80. The minimum atomic E-state index is -0.0149. The van der Waals surface area contributed by atoms with Crippen LogP contribution in [0.15, 0.2) is 0 Å². The van der Waals surface area contributed by atoms with Crippen LogP contribution < -0.4 is 5.32 Å². The van der Waals surface area contributed by atoms with Crippen molar-refractivity contribution in [2.75, 3.05) is 26.7 Å². The third kappa shape index (κ3) is 2.99. The number of nitrogens with zero attached hydrogens (tertiary/aromatic N) is 1. The van der Waals surface area contributed by atoms with Gasteiger partial charge in [0.1, 0.15) is 0 Å². The highest BCUT2D eigenvalue weighted by atomic mass is 16.5. The van der Waals surface area contributed by atoms with Gasteiger partial charge in [0, 0.05) is 19.7 Å². The van der Waals surface area contributed by atoms with Crippen molar-refractivity contribution < 1.29 is 9.53 Å². The van der Waals surface area contributed by atoms with Crippen molar-refractivity contribution in [1.29, 1.82) is 0 Å². The first-order valence-electron chi connectivity index (χ1n) is 6.80. The molecule has 0 radical (unpaired) electrons. The van der Waals surface area contributed by atoms with Crippen molar-refractivity contribution in [1.82, 2.24) is 10.2 Å². The fourth-order valence-electron chi connectivity index (χ4n) is 2.94. The van der Waals surface area contributed by atoms with Crippen LogP contribution >= 0.6 is 0 Å². The van der Waals surface area contributed by atoms with Gasteiger partial charge in [-0.2, -0.15) is 0 Å². The maximum Gasteiger partial charge on any atom is 0.240 e. The second-order valence-corrected chi connectivity index (χ2v) is 5.31. The molecule has 2 fully saturated rings. The van der Waals surface area contributed by atoms with Gasteiger partial charge < -0.3 is 15.0 Å². The molecule has 1 N–H and O–H groups in total. The van der Waals surface area contributed by atoms with E-state index < -0.39 is 0 Å². The van der Waals surface area contributed by atoms with Crippen LogP contribution in [-0.2, 0) is 9.53 Å². The number of likely N-dealkylation sites (tertiary alicyclic amines) is 1. The Morgan fingerprint density at radius 2 is 2.24 bits per heavy atom. The van der Waals surface area contributed by atoms with E-state index in [9.17, 15) is 4.79 Å². The van der Waals surface area contributed by atoms with Crippen molar-refractivity contribution in [3.63, 3.8) is 0 Å². The van der Waals surface area contributed by atoms with Gasteiger partial charge in [0.2, 0.25) is 5.91 Å². The fourth-order valence-corrected chi connectivity index (χ4v) is 2.94. The minimum absolute atomic E-state index is 0.0149. The average molecular weight is 240 g/mol. The van der Waals surface area contributed by atoms with Gasteiger partial charge in [-0.05, 0) is 38.6 Å². The molecule has 0 spiro atoms. The van der Waals surface area contributed by atoms with Gasteiger partial charge in [-0.25, -0.2) is 0 Å². The molecule has 1 amide bonds. The molecule has 2 heterocycles. The molecule has 4 nitrogen and oxygen atoms in total. The number of ether oxygens (including phenoxy) is 1. The summed E-state index contributed by atoms with van der Waals surface area (Å²) in [6.07, 6.45) is 4.74. The standard InChI is InChI=1S/C13H24N2O2/c1-10-5-3-7-15(13(16)12(10)14-2)9-11-6-4-8-17-11/h10-12,14H,3-9H2,1-2H3. The van der Waals surface area contributed by atoms with Gasteiger partial charge in [-0.1, -0.05) is 6.92 Å². The zero-order valence-electron chi connectivity index (χ0n) is 10.9. The van der Waals surface area contributed by atoms with Crippen LogP contribution in [0.3, 0.4) is 0 Å². The summed E-state index contributed by atoms with van der Waals surface area (Å²) in [5.41, 5.74) is 0. The summed E-state index contributed by atoms with van der Waals surface area (Å²) >= 11 is 0. The smallest absolute Gasteiger partial charge is 0.240 e. The van der Waals surface area contributed by atoms with Gasteiger partial charge in [0.05, 0.1) is 12.1 Å².